The first kappa shape index (κ1) is 27.0. The summed E-state index contributed by atoms with van der Waals surface area (Å²) in [6, 6.07) is 40.8. The van der Waals surface area contributed by atoms with E-state index in [-0.39, 0.29) is 12.3 Å². The standard InChI is InChI=1S/C21H22OP.C8H11O3P/c1-18(2)22-23(19-12-6-3-7-13-19,20-14-8-4-9-15-20)21-16-10-5-11-17-21;1-11-12(9,10)7-8-5-3-2-4-6-8/h3-18H,1-2H3;2-6H,7H2,1H3,(H,9,10)/q+1;/p-1. The SMILES string of the molecule is CC(C)O[P+](c1ccccc1)(c1ccccc1)c1ccccc1.COP(=O)([O-])Cc1ccccc1. The Hall–Kier alpha value is -2.58. The van der Waals surface area contributed by atoms with Crippen LogP contribution in [0, 0.1) is 0 Å². The zero-order valence-electron chi connectivity index (χ0n) is 20.4. The Balaban J connectivity index is 0.000000241. The molecule has 0 heterocycles. The van der Waals surface area contributed by atoms with Gasteiger partial charge in [-0.1, -0.05) is 84.9 Å². The van der Waals surface area contributed by atoms with Crippen molar-refractivity contribution in [1.82, 2.24) is 0 Å². The molecular weight excluding hydrogens is 474 g/mol. The van der Waals surface area contributed by atoms with E-state index in [0.29, 0.717) is 0 Å². The Morgan fingerprint density at radius 1 is 0.686 bits per heavy atom. The van der Waals surface area contributed by atoms with E-state index in [0.717, 1.165) is 5.56 Å². The van der Waals surface area contributed by atoms with Gasteiger partial charge in [0.2, 0.25) is 7.49 Å². The number of benzene rings is 4. The van der Waals surface area contributed by atoms with Gasteiger partial charge in [-0.25, -0.2) is 4.52 Å². The Morgan fingerprint density at radius 3 is 1.34 bits per heavy atom. The largest absolute Gasteiger partial charge is 0.778 e. The van der Waals surface area contributed by atoms with Crippen LogP contribution in [-0.4, -0.2) is 13.2 Å². The third kappa shape index (κ3) is 7.45. The Kier molecular flexibility index (Phi) is 9.98. The molecule has 4 aromatic carbocycles. The summed E-state index contributed by atoms with van der Waals surface area (Å²) in [5.41, 5.74) is 0.748. The minimum Gasteiger partial charge on any atom is -0.778 e. The minimum atomic E-state index is -3.65. The molecule has 0 spiro atoms. The fourth-order valence-electron chi connectivity index (χ4n) is 3.73. The topological polar surface area (TPSA) is 58.6 Å². The molecule has 4 rings (SSSR count). The van der Waals surface area contributed by atoms with Crippen molar-refractivity contribution in [3.8, 4) is 0 Å². The fourth-order valence-corrected chi connectivity index (χ4v) is 8.19. The van der Waals surface area contributed by atoms with E-state index < -0.39 is 15.1 Å². The van der Waals surface area contributed by atoms with Gasteiger partial charge in [0.25, 0.3) is 0 Å². The minimum absolute atomic E-state index is 0.0374. The van der Waals surface area contributed by atoms with E-state index in [4.69, 9.17) is 4.52 Å². The predicted octanol–water partition coefficient (Wildman–Crippen LogP) is 5.71. The summed E-state index contributed by atoms with van der Waals surface area (Å²) in [7, 11) is -4.58. The summed E-state index contributed by atoms with van der Waals surface area (Å²) in [4.78, 5) is 11.0. The van der Waals surface area contributed by atoms with Crippen molar-refractivity contribution >= 4 is 31.0 Å². The Morgan fingerprint density at radius 2 is 1.03 bits per heavy atom. The zero-order chi connectivity index (χ0) is 25.2. The molecule has 0 aliphatic heterocycles. The molecule has 0 radical (unpaired) electrons. The molecule has 1 atom stereocenters. The molecule has 0 aliphatic carbocycles. The molecule has 0 amide bonds. The summed E-state index contributed by atoms with van der Waals surface area (Å²) in [5, 5.41) is 3.77. The highest BCUT2D eigenvalue weighted by molar-refractivity contribution is 7.91. The van der Waals surface area contributed by atoms with Gasteiger partial charge in [-0.2, -0.15) is 0 Å². The van der Waals surface area contributed by atoms with Crippen molar-refractivity contribution < 1.29 is 18.5 Å². The molecule has 4 nitrogen and oxygen atoms in total. The monoisotopic (exact) mass is 506 g/mol. The Labute approximate surface area is 209 Å². The first-order valence-corrected chi connectivity index (χ1v) is 14.9. The van der Waals surface area contributed by atoms with Gasteiger partial charge in [0, 0.05) is 13.3 Å². The highest BCUT2D eigenvalue weighted by Crippen LogP contribution is 2.57. The van der Waals surface area contributed by atoms with Crippen LogP contribution in [0.4, 0.5) is 0 Å². The van der Waals surface area contributed by atoms with Gasteiger partial charge in [0.1, 0.15) is 23.5 Å². The average molecular weight is 507 g/mol. The summed E-state index contributed by atoms with van der Waals surface area (Å²) >= 11 is 0. The van der Waals surface area contributed by atoms with E-state index in [1.54, 1.807) is 24.3 Å². The zero-order valence-corrected chi connectivity index (χ0v) is 22.1. The van der Waals surface area contributed by atoms with E-state index in [1.165, 1.54) is 23.0 Å². The average Bonchev–Trinajstić information content (AvgIpc) is 2.89. The first-order valence-electron chi connectivity index (χ1n) is 11.5. The van der Waals surface area contributed by atoms with Crippen molar-refractivity contribution in [2.75, 3.05) is 7.11 Å². The van der Waals surface area contributed by atoms with Crippen LogP contribution in [0.2, 0.25) is 0 Å². The smallest absolute Gasteiger partial charge is 0.242 e. The first-order chi connectivity index (χ1) is 16.9. The molecule has 0 saturated heterocycles. The van der Waals surface area contributed by atoms with E-state index >= 15 is 0 Å². The van der Waals surface area contributed by atoms with Crippen molar-refractivity contribution in [3.05, 3.63) is 127 Å². The number of hydrogen-bond donors (Lipinski definition) is 0. The van der Waals surface area contributed by atoms with Gasteiger partial charge in [0.05, 0.1) is 6.10 Å². The predicted molar refractivity (Wildman–Crippen MR) is 146 cm³/mol. The van der Waals surface area contributed by atoms with Gasteiger partial charge >= 0.3 is 0 Å². The normalized spacial score (nSPS) is 12.9. The number of hydrogen-bond acceptors (Lipinski definition) is 4. The molecule has 1 unspecified atom stereocenters. The fraction of sp³-hybridized carbons (Fsp3) is 0.172. The molecule has 0 aromatic heterocycles. The highest BCUT2D eigenvalue weighted by Gasteiger charge is 2.48. The van der Waals surface area contributed by atoms with Crippen LogP contribution < -0.4 is 20.8 Å². The second-order valence-corrected chi connectivity index (χ2v) is 13.1. The quantitative estimate of drug-likeness (QED) is 0.288. The van der Waals surface area contributed by atoms with Crippen LogP contribution in [0.25, 0.3) is 0 Å². The molecule has 4 aromatic rings. The van der Waals surface area contributed by atoms with Crippen LogP contribution in [-0.2, 0) is 19.8 Å². The molecule has 182 valence electrons. The maximum atomic E-state index is 11.0. The highest BCUT2D eigenvalue weighted by atomic mass is 31.2. The summed E-state index contributed by atoms with van der Waals surface area (Å²) in [6.45, 7) is 4.23. The number of rotatable bonds is 8. The molecule has 0 bridgehead atoms. The summed E-state index contributed by atoms with van der Waals surface area (Å²) < 4.78 is 22.0. The molecule has 0 N–H and O–H groups in total. The van der Waals surface area contributed by atoms with E-state index in [1.807, 2.05) is 6.07 Å². The lowest BCUT2D eigenvalue weighted by molar-refractivity contribution is -0.196. The van der Waals surface area contributed by atoms with Crippen molar-refractivity contribution in [2.45, 2.75) is 26.1 Å². The molecule has 35 heavy (non-hydrogen) atoms. The van der Waals surface area contributed by atoms with E-state index in [2.05, 4.69) is 109 Å². The van der Waals surface area contributed by atoms with E-state index in [9.17, 15) is 9.46 Å². The maximum Gasteiger partial charge on any atom is 0.242 e. The molecular formula is C29H32O4P2. The Bertz CT molecular complexity index is 1090. The van der Waals surface area contributed by atoms with Gasteiger partial charge < -0.3 is 14.0 Å². The lowest BCUT2D eigenvalue weighted by atomic mass is 10.2. The molecule has 0 aliphatic rings. The second kappa shape index (κ2) is 12.9. The second-order valence-electron chi connectivity index (χ2n) is 8.21. The lowest BCUT2D eigenvalue weighted by Crippen LogP contribution is -2.34. The van der Waals surface area contributed by atoms with Gasteiger partial charge in [0.15, 0.2) is 0 Å². The van der Waals surface area contributed by atoms with Crippen molar-refractivity contribution in [1.29, 1.82) is 0 Å². The van der Waals surface area contributed by atoms with Crippen LogP contribution in [0.5, 0.6) is 0 Å². The van der Waals surface area contributed by atoms with Crippen LogP contribution in [0.15, 0.2) is 121 Å². The van der Waals surface area contributed by atoms with Crippen molar-refractivity contribution in [3.63, 3.8) is 0 Å². The maximum absolute atomic E-state index is 11.0. The van der Waals surface area contributed by atoms with Crippen LogP contribution in [0.3, 0.4) is 0 Å². The molecule has 0 fully saturated rings. The van der Waals surface area contributed by atoms with Crippen LogP contribution >= 0.6 is 15.1 Å². The van der Waals surface area contributed by atoms with Crippen LogP contribution in [0.1, 0.15) is 19.4 Å². The van der Waals surface area contributed by atoms with Gasteiger partial charge in [-0.05, 0) is 55.8 Å². The summed E-state index contributed by atoms with van der Waals surface area (Å²) in [5.74, 6) is 0. The molecule has 0 saturated carbocycles. The third-order valence-corrected chi connectivity index (χ3v) is 10.3. The molecule has 6 heteroatoms. The van der Waals surface area contributed by atoms with Crippen molar-refractivity contribution in [2.24, 2.45) is 0 Å². The lowest BCUT2D eigenvalue weighted by Gasteiger charge is -2.27. The summed E-state index contributed by atoms with van der Waals surface area (Å²) in [6.07, 6.45) is 0.105. The van der Waals surface area contributed by atoms with Gasteiger partial charge in [-0.15, -0.1) is 0 Å². The third-order valence-electron chi connectivity index (χ3n) is 5.23. The van der Waals surface area contributed by atoms with Gasteiger partial charge in [-0.3, -0.25) is 0 Å².